The molecule has 2 aromatic carbocycles. The van der Waals surface area contributed by atoms with Crippen LogP contribution >= 0.6 is 11.6 Å². The van der Waals surface area contributed by atoms with Crippen molar-refractivity contribution in [3.05, 3.63) is 68.5 Å². The van der Waals surface area contributed by atoms with Crippen molar-refractivity contribution < 1.29 is 23.8 Å². The van der Waals surface area contributed by atoms with Gasteiger partial charge in [-0.3, -0.25) is 9.59 Å². The van der Waals surface area contributed by atoms with E-state index in [1.165, 1.54) is 13.2 Å². The number of rotatable bonds is 4. The Morgan fingerprint density at radius 1 is 1.23 bits per heavy atom. The summed E-state index contributed by atoms with van der Waals surface area (Å²) in [7, 11) is 1.45. The number of carbonyl (C=O) groups is 1. The Bertz CT molecular complexity index is 1250. The van der Waals surface area contributed by atoms with Crippen LogP contribution in [-0.4, -0.2) is 42.3 Å². The standard InChI is InChI=1S/C23H20ClNO6/c1-29-18-9-12(4-6-16(18)26)20-19-21(27)15-10-13(24)5-7-17(15)31-22(19)23(28)25(20)11-14-3-2-8-30-14/h4-7,9-10,14,20,26H,2-3,8,11H2,1H3. The molecule has 1 saturated heterocycles. The first kappa shape index (κ1) is 19.9. The molecule has 8 heteroatoms. The number of methoxy groups -OCH3 is 1. The number of aromatic hydroxyl groups is 1. The summed E-state index contributed by atoms with van der Waals surface area (Å²) < 4.78 is 16.9. The van der Waals surface area contributed by atoms with Gasteiger partial charge in [0.15, 0.2) is 16.9 Å². The fraction of sp³-hybridized carbons (Fsp3) is 0.304. The maximum absolute atomic E-state index is 13.5. The zero-order chi connectivity index (χ0) is 21.7. The lowest BCUT2D eigenvalue weighted by Gasteiger charge is -2.27. The summed E-state index contributed by atoms with van der Waals surface area (Å²) in [5, 5.41) is 10.7. The highest BCUT2D eigenvalue weighted by molar-refractivity contribution is 6.31. The van der Waals surface area contributed by atoms with Gasteiger partial charge in [0.05, 0.1) is 30.2 Å². The topological polar surface area (TPSA) is 89.2 Å². The molecule has 3 heterocycles. The Balaban J connectivity index is 1.72. The molecule has 3 aromatic rings. The SMILES string of the molecule is COc1cc(C2c3c(oc4ccc(Cl)cc4c3=O)C(=O)N2CC2CCCO2)ccc1O. The molecular formula is C23H20ClNO6. The average molecular weight is 442 g/mol. The summed E-state index contributed by atoms with van der Waals surface area (Å²) in [6.07, 6.45) is 1.65. The molecule has 1 fully saturated rings. The van der Waals surface area contributed by atoms with E-state index in [9.17, 15) is 14.7 Å². The van der Waals surface area contributed by atoms with E-state index in [0.29, 0.717) is 34.7 Å². The quantitative estimate of drug-likeness (QED) is 0.660. The van der Waals surface area contributed by atoms with E-state index in [4.69, 9.17) is 25.5 Å². The summed E-state index contributed by atoms with van der Waals surface area (Å²) in [4.78, 5) is 28.5. The summed E-state index contributed by atoms with van der Waals surface area (Å²) in [6, 6.07) is 8.85. The normalized spacial score (nSPS) is 20.5. The predicted octanol–water partition coefficient (Wildman–Crippen LogP) is 3.88. The van der Waals surface area contributed by atoms with Crippen LogP contribution < -0.4 is 10.2 Å². The van der Waals surface area contributed by atoms with Gasteiger partial charge in [-0.1, -0.05) is 17.7 Å². The van der Waals surface area contributed by atoms with E-state index in [1.807, 2.05) is 0 Å². The fourth-order valence-electron chi connectivity index (χ4n) is 4.40. The maximum Gasteiger partial charge on any atom is 0.291 e. The highest BCUT2D eigenvalue weighted by Gasteiger charge is 2.44. The van der Waals surface area contributed by atoms with Gasteiger partial charge >= 0.3 is 0 Å². The number of nitrogens with zero attached hydrogens (tertiary/aromatic N) is 1. The Hall–Kier alpha value is -3.03. The third-order valence-electron chi connectivity index (χ3n) is 5.87. The Labute approximate surface area is 182 Å². The smallest absolute Gasteiger partial charge is 0.291 e. The van der Waals surface area contributed by atoms with Crippen LogP contribution in [0.1, 0.15) is 40.6 Å². The van der Waals surface area contributed by atoms with Gasteiger partial charge in [0, 0.05) is 18.2 Å². The number of fused-ring (bicyclic) bond motifs is 2. The first-order chi connectivity index (χ1) is 15.0. The Morgan fingerprint density at radius 2 is 2.06 bits per heavy atom. The second-order valence-corrected chi connectivity index (χ2v) is 8.18. The zero-order valence-corrected chi connectivity index (χ0v) is 17.5. The summed E-state index contributed by atoms with van der Waals surface area (Å²) in [5.74, 6) is -0.117. The van der Waals surface area contributed by atoms with Crippen molar-refractivity contribution in [1.82, 2.24) is 4.90 Å². The third kappa shape index (κ3) is 3.25. The molecule has 1 aromatic heterocycles. The lowest BCUT2D eigenvalue weighted by Crippen LogP contribution is -2.36. The maximum atomic E-state index is 13.5. The molecule has 0 spiro atoms. The van der Waals surface area contributed by atoms with Crippen LogP contribution in [0.5, 0.6) is 11.5 Å². The van der Waals surface area contributed by atoms with Crippen LogP contribution in [0.2, 0.25) is 5.02 Å². The highest BCUT2D eigenvalue weighted by Crippen LogP contribution is 2.41. The van der Waals surface area contributed by atoms with E-state index >= 15 is 0 Å². The van der Waals surface area contributed by atoms with Gasteiger partial charge in [0.25, 0.3) is 5.91 Å². The molecule has 2 unspecified atom stereocenters. The largest absolute Gasteiger partial charge is 0.504 e. The molecule has 5 rings (SSSR count). The monoisotopic (exact) mass is 441 g/mol. The molecule has 2 atom stereocenters. The van der Waals surface area contributed by atoms with Crippen LogP contribution in [0.4, 0.5) is 0 Å². The summed E-state index contributed by atoms with van der Waals surface area (Å²) >= 11 is 6.10. The number of carbonyl (C=O) groups excluding carboxylic acids is 1. The van der Waals surface area contributed by atoms with Gasteiger partial charge in [-0.15, -0.1) is 0 Å². The van der Waals surface area contributed by atoms with Crippen molar-refractivity contribution in [2.75, 3.05) is 20.3 Å². The van der Waals surface area contributed by atoms with Gasteiger partial charge in [-0.05, 0) is 48.7 Å². The van der Waals surface area contributed by atoms with Crippen molar-refractivity contribution in [1.29, 1.82) is 0 Å². The van der Waals surface area contributed by atoms with Gasteiger partial charge in [0.2, 0.25) is 5.76 Å². The first-order valence-electron chi connectivity index (χ1n) is 10.0. The molecule has 0 radical (unpaired) electrons. The molecular weight excluding hydrogens is 422 g/mol. The third-order valence-corrected chi connectivity index (χ3v) is 6.11. The van der Waals surface area contributed by atoms with Crippen molar-refractivity contribution in [2.24, 2.45) is 0 Å². The van der Waals surface area contributed by atoms with E-state index in [1.54, 1.807) is 35.2 Å². The molecule has 0 aliphatic carbocycles. The Kier molecular flexibility index (Phi) is 4.87. The van der Waals surface area contributed by atoms with Gasteiger partial charge < -0.3 is 23.9 Å². The number of ether oxygens (including phenoxy) is 2. The van der Waals surface area contributed by atoms with Crippen LogP contribution in [0.25, 0.3) is 11.0 Å². The van der Waals surface area contributed by atoms with E-state index in [-0.39, 0.29) is 40.3 Å². The number of halogens is 1. The number of hydrogen-bond donors (Lipinski definition) is 1. The van der Waals surface area contributed by atoms with E-state index < -0.39 is 6.04 Å². The highest BCUT2D eigenvalue weighted by atomic mass is 35.5. The number of benzene rings is 2. The van der Waals surface area contributed by atoms with Crippen LogP contribution in [0, 0.1) is 0 Å². The van der Waals surface area contributed by atoms with Crippen molar-refractivity contribution >= 4 is 28.5 Å². The molecule has 31 heavy (non-hydrogen) atoms. The minimum atomic E-state index is -0.694. The van der Waals surface area contributed by atoms with Crippen LogP contribution in [0.3, 0.4) is 0 Å². The molecule has 1 amide bonds. The molecule has 160 valence electrons. The summed E-state index contributed by atoms with van der Waals surface area (Å²) in [5.41, 5.74) is 0.889. The molecule has 2 aliphatic rings. The van der Waals surface area contributed by atoms with E-state index in [2.05, 4.69) is 0 Å². The van der Waals surface area contributed by atoms with Gasteiger partial charge in [0.1, 0.15) is 5.58 Å². The molecule has 0 bridgehead atoms. The molecule has 0 saturated carbocycles. The number of phenols is 1. The van der Waals surface area contributed by atoms with Crippen molar-refractivity contribution in [3.63, 3.8) is 0 Å². The summed E-state index contributed by atoms with van der Waals surface area (Å²) in [6.45, 7) is 0.977. The average Bonchev–Trinajstić information content (AvgIpc) is 3.37. The van der Waals surface area contributed by atoms with E-state index in [0.717, 1.165) is 12.8 Å². The van der Waals surface area contributed by atoms with Crippen molar-refractivity contribution in [3.8, 4) is 11.5 Å². The lowest BCUT2D eigenvalue weighted by atomic mass is 9.98. The van der Waals surface area contributed by atoms with Gasteiger partial charge in [-0.25, -0.2) is 0 Å². The zero-order valence-electron chi connectivity index (χ0n) is 16.8. The van der Waals surface area contributed by atoms with Crippen molar-refractivity contribution in [2.45, 2.75) is 25.0 Å². The second-order valence-electron chi connectivity index (χ2n) is 7.74. The predicted molar refractivity (Wildman–Crippen MR) is 114 cm³/mol. The molecule has 1 N–H and O–H groups in total. The van der Waals surface area contributed by atoms with Gasteiger partial charge in [-0.2, -0.15) is 0 Å². The minimum Gasteiger partial charge on any atom is -0.504 e. The molecule has 2 aliphatic heterocycles. The fourth-order valence-corrected chi connectivity index (χ4v) is 4.57. The molecule has 7 nitrogen and oxygen atoms in total. The Morgan fingerprint density at radius 3 is 2.81 bits per heavy atom. The van der Waals surface area contributed by atoms with Crippen LogP contribution in [-0.2, 0) is 4.74 Å². The minimum absolute atomic E-state index is 0.0230. The van der Waals surface area contributed by atoms with Crippen LogP contribution in [0.15, 0.2) is 45.6 Å². The lowest BCUT2D eigenvalue weighted by molar-refractivity contribution is 0.0486. The number of hydrogen-bond acceptors (Lipinski definition) is 6. The second kappa shape index (κ2) is 7.59. The number of amides is 1. The first-order valence-corrected chi connectivity index (χ1v) is 10.4. The number of phenolic OH excluding ortho intramolecular Hbond substituents is 1.